The van der Waals surface area contributed by atoms with E-state index >= 15 is 0 Å². The van der Waals surface area contributed by atoms with Crippen LogP contribution in [0, 0.1) is 17.1 Å². The Hall–Kier alpha value is -2.92. The normalized spacial score (nSPS) is 19.3. The number of carbonyl (C=O) groups is 1. The minimum Gasteiger partial charge on any atom is -0.387 e. The van der Waals surface area contributed by atoms with E-state index in [0.717, 1.165) is 0 Å². The minimum atomic E-state index is -0.787. The van der Waals surface area contributed by atoms with Crippen LogP contribution in [0.15, 0.2) is 41.5 Å². The monoisotopic (exact) mass is 369 g/mol. The van der Waals surface area contributed by atoms with Gasteiger partial charge in [-0.2, -0.15) is 17.0 Å². The number of halogens is 1. The molecule has 6 nitrogen and oxygen atoms in total. The van der Waals surface area contributed by atoms with Crippen LogP contribution in [0.3, 0.4) is 0 Å². The van der Waals surface area contributed by atoms with Gasteiger partial charge in [-0.25, -0.2) is 9.37 Å². The molecule has 1 aliphatic rings. The molecule has 1 aromatic heterocycles. The number of nitriles is 1. The molecule has 0 fully saturated rings. The standard InChI is InChI=1S/C18H16FN5OS/c1-18(10-26-9-16(21)24-18)13-6-12(3-4-14(13)19)23-17(25)15-5-2-11(7-20)8-22-15/h2-6,8H,9-10H2,1H3,(H2,21,24)(H,23,25). The molecule has 0 saturated heterocycles. The van der Waals surface area contributed by atoms with Crippen molar-refractivity contribution < 1.29 is 9.18 Å². The van der Waals surface area contributed by atoms with Gasteiger partial charge in [0.2, 0.25) is 0 Å². The molecule has 132 valence electrons. The lowest BCUT2D eigenvalue weighted by molar-refractivity contribution is 0.102. The summed E-state index contributed by atoms with van der Waals surface area (Å²) in [5.41, 5.74) is 6.37. The Morgan fingerprint density at radius 2 is 2.23 bits per heavy atom. The van der Waals surface area contributed by atoms with E-state index in [1.54, 1.807) is 17.8 Å². The van der Waals surface area contributed by atoms with E-state index in [4.69, 9.17) is 11.0 Å². The molecule has 0 bridgehead atoms. The number of hydrogen-bond acceptors (Lipinski definition) is 6. The number of nitrogens with one attached hydrogen (secondary N) is 1. The summed E-state index contributed by atoms with van der Waals surface area (Å²) in [5, 5.41) is 11.5. The third-order valence-electron chi connectivity index (χ3n) is 3.95. The maximum atomic E-state index is 14.4. The van der Waals surface area contributed by atoms with Crippen molar-refractivity contribution in [3.8, 4) is 6.07 Å². The number of amidine groups is 1. The first kappa shape index (κ1) is 17.9. The van der Waals surface area contributed by atoms with Crippen molar-refractivity contribution in [2.45, 2.75) is 12.5 Å². The molecule has 1 aliphatic heterocycles. The van der Waals surface area contributed by atoms with E-state index in [1.807, 2.05) is 13.0 Å². The van der Waals surface area contributed by atoms with E-state index in [1.165, 1.54) is 30.5 Å². The second-order valence-corrected chi connectivity index (χ2v) is 7.05. The van der Waals surface area contributed by atoms with Gasteiger partial charge in [-0.3, -0.25) is 9.79 Å². The van der Waals surface area contributed by atoms with Crippen molar-refractivity contribution in [3.05, 3.63) is 59.2 Å². The van der Waals surface area contributed by atoms with Crippen LogP contribution in [0.4, 0.5) is 10.1 Å². The summed E-state index contributed by atoms with van der Waals surface area (Å²) in [6, 6.07) is 9.26. The molecule has 2 heterocycles. The Kier molecular flexibility index (Phi) is 4.91. The highest BCUT2D eigenvalue weighted by atomic mass is 32.2. The fraction of sp³-hybridized carbons (Fsp3) is 0.222. The van der Waals surface area contributed by atoms with E-state index in [9.17, 15) is 9.18 Å². The van der Waals surface area contributed by atoms with Gasteiger partial charge in [0.15, 0.2) is 0 Å². The summed E-state index contributed by atoms with van der Waals surface area (Å²) >= 11 is 1.59. The fourth-order valence-electron chi connectivity index (χ4n) is 2.68. The van der Waals surface area contributed by atoms with Gasteiger partial charge in [-0.15, -0.1) is 0 Å². The number of carbonyl (C=O) groups excluding carboxylic acids is 1. The number of thioether (sulfide) groups is 1. The lowest BCUT2D eigenvalue weighted by Gasteiger charge is -2.30. The van der Waals surface area contributed by atoms with E-state index in [-0.39, 0.29) is 5.69 Å². The quantitative estimate of drug-likeness (QED) is 0.865. The second kappa shape index (κ2) is 7.14. The number of nitrogens with two attached hydrogens (primary N) is 1. The second-order valence-electron chi connectivity index (χ2n) is 6.06. The molecule has 0 spiro atoms. The Morgan fingerprint density at radius 1 is 1.42 bits per heavy atom. The van der Waals surface area contributed by atoms with Gasteiger partial charge in [-0.1, -0.05) is 0 Å². The van der Waals surface area contributed by atoms with Gasteiger partial charge in [0.25, 0.3) is 5.91 Å². The topological polar surface area (TPSA) is 104 Å². The molecule has 0 aliphatic carbocycles. The predicted molar refractivity (Wildman–Crippen MR) is 99.6 cm³/mol. The Morgan fingerprint density at radius 3 is 2.88 bits per heavy atom. The van der Waals surface area contributed by atoms with Gasteiger partial charge < -0.3 is 11.1 Å². The van der Waals surface area contributed by atoms with Crippen molar-refractivity contribution in [1.82, 2.24) is 4.98 Å². The maximum absolute atomic E-state index is 14.4. The van der Waals surface area contributed by atoms with Crippen LogP contribution in [-0.2, 0) is 5.54 Å². The third kappa shape index (κ3) is 3.68. The fourth-order valence-corrected chi connectivity index (χ4v) is 3.67. The lowest BCUT2D eigenvalue weighted by atomic mass is 9.93. The zero-order valence-electron chi connectivity index (χ0n) is 14.0. The smallest absolute Gasteiger partial charge is 0.274 e. The molecule has 26 heavy (non-hydrogen) atoms. The summed E-state index contributed by atoms with van der Waals surface area (Å²) in [6.45, 7) is 1.82. The maximum Gasteiger partial charge on any atom is 0.274 e. The summed E-state index contributed by atoms with van der Waals surface area (Å²) in [7, 11) is 0. The molecule has 2 aromatic rings. The Bertz CT molecular complexity index is 922. The molecule has 8 heteroatoms. The third-order valence-corrected chi connectivity index (χ3v) is 5.22. The van der Waals surface area contributed by atoms with Crippen molar-refractivity contribution in [2.24, 2.45) is 10.7 Å². The molecular formula is C18H16FN5OS. The molecule has 0 radical (unpaired) electrons. The van der Waals surface area contributed by atoms with Crippen LogP contribution in [0.1, 0.15) is 28.5 Å². The molecule has 0 saturated carbocycles. The van der Waals surface area contributed by atoms with Crippen LogP contribution >= 0.6 is 11.8 Å². The Labute approximate surface area is 154 Å². The number of nitrogens with zero attached hydrogens (tertiary/aromatic N) is 3. The zero-order valence-corrected chi connectivity index (χ0v) is 14.8. The molecule has 3 rings (SSSR count). The summed E-state index contributed by atoms with van der Waals surface area (Å²) in [6.07, 6.45) is 1.32. The molecule has 1 aromatic carbocycles. The lowest BCUT2D eigenvalue weighted by Crippen LogP contribution is -2.34. The number of aromatic nitrogens is 1. The first-order valence-corrected chi connectivity index (χ1v) is 8.96. The van der Waals surface area contributed by atoms with Gasteiger partial charge in [-0.05, 0) is 37.3 Å². The van der Waals surface area contributed by atoms with E-state index < -0.39 is 17.3 Å². The molecule has 1 atom stereocenters. The highest BCUT2D eigenvalue weighted by Gasteiger charge is 2.32. The average Bonchev–Trinajstić information content (AvgIpc) is 2.63. The highest BCUT2D eigenvalue weighted by molar-refractivity contribution is 8.00. The summed E-state index contributed by atoms with van der Waals surface area (Å²) in [5.74, 6) is 0.843. The Balaban J connectivity index is 1.86. The molecule has 3 N–H and O–H groups in total. The molecule has 1 amide bonds. The zero-order chi connectivity index (χ0) is 18.7. The van der Waals surface area contributed by atoms with Crippen LogP contribution in [0.25, 0.3) is 0 Å². The van der Waals surface area contributed by atoms with Crippen LogP contribution in [-0.4, -0.2) is 28.2 Å². The van der Waals surface area contributed by atoms with E-state index in [0.29, 0.717) is 34.2 Å². The SMILES string of the molecule is CC1(c2cc(NC(=O)c3ccc(C#N)cn3)ccc2F)CSCC(N)=N1. The van der Waals surface area contributed by atoms with Gasteiger partial charge >= 0.3 is 0 Å². The number of amides is 1. The summed E-state index contributed by atoms with van der Waals surface area (Å²) < 4.78 is 14.4. The van der Waals surface area contributed by atoms with Crippen LogP contribution in [0.5, 0.6) is 0 Å². The molecular weight excluding hydrogens is 353 g/mol. The number of benzene rings is 1. The van der Waals surface area contributed by atoms with Crippen molar-refractivity contribution in [3.63, 3.8) is 0 Å². The average molecular weight is 369 g/mol. The first-order valence-electron chi connectivity index (χ1n) is 7.81. The number of pyridine rings is 1. The number of hydrogen-bond donors (Lipinski definition) is 2. The van der Waals surface area contributed by atoms with Gasteiger partial charge in [0.1, 0.15) is 23.4 Å². The van der Waals surface area contributed by atoms with Crippen LogP contribution < -0.4 is 11.1 Å². The highest BCUT2D eigenvalue weighted by Crippen LogP contribution is 2.35. The largest absolute Gasteiger partial charge is 0.387 e. The van der Waals surface area contributed by atoms with Crippen molar-refractivity contribution in [1.29, 1.82) is 5.26 Å². The summed E-state index contributed by atoms with van der Waals surface area (Å²) in [4.78, 5) is 20.7. The van der Waals surface area contributed by atoms with Gasteiger partial charge in [0.05, 0.1) is 16.9 Å². The predicted octanol–water partition coefficient (Wildman–Crippen LogP) is 2.66. The number of aliphatic imine (C=N–C) groups is 1. The van der Waals surface area contributed by atoms with Crippen molar-refractivity contribution in [2.75, 3.05) is 16.8 Å². The molecule has 1 unspecified atom stereocenters. The number of anilines is 1. The van der Waals surface area contributed by atoms with Gasteiger partial charge in [0, 0.05) is 23.2 Å². The van der Waals surface area contributed by atoms with Crippen LogP contribution in [0.2, 0.25) is 0 Å². The number of rotatable bonds is 3. The first-order chi connectivity index (χ1) is 12.4. The van der Waals surface area contributed by atoms with E-state index in [2.05, 4.69) is 15.3 Å². The minimum absolute atomic E-state index is 0.163. The van der Waals surface area contributed by atoms with Crippen molar-refractivity contribution >= 4 is 29.2 Å².